The number of aromatic nitrogens is 2. The fraction of sp³-hybridized carbons (Fsp3) is 0.733. The summed E-state index contributed by atoms with van der Waals surface area (Å²) in [4.78, 5) is 13.6. The molecule has 23 heavy (non-hydrogen) atoms. The Labute approximate surface area is 136 Å². The number of ether oxygens (including phenoxy) is 3. The second-order valence-corrected chi connectivity index (χ2v) is 6.02. The van der Waals surface area contributed by atoms with Crippen molar-refractivity contribution in [1.29, 1.82) is 0 Å². The maximum absolute atomic E-state index is 11.4. The summed E-state index contributed by atoms with van der Waals surface area (Å²) in [5.74, 6) is 0.361. The highest BCUT2D eigenvalue weighted by Crippen LogP contribution is 2.27. The van der Waals surface area contributed by atoms with Crippen molar-refractivity contribution < 1.29 is 19.0 Å². The summed E-state index contributed by atoms with van der Waals surface area (Å²) in [7, 11) is 5.10. The lowest BCUT2D eigenvalue weighted by Crippen LogP contribution is -2.55. The van der Waals surface area contributed by atoms with Crippen LogP contribution in [-0.2, 0) is 27.9 Å². The van der Waals surface area contributed by atoms with Crippen molar-refractivity contribution in [2.75, 3.05) is 40.5 Å². The van der Waals surface area contributed by atoms with E-state index >= 15 is 0 Å². The maximum atomic E-state index is 11.4. The number of morpholine rings is 1. The lowest BCUT2D eigenvalue weighted by atomic mass is 9.97. The molecule has 1 atom stereocenters. The van der Waals surface area contributed by atoms with Gasteiger partial charge >= 0.3 is 0 Å². The number of aryl methyl sites for hydroxylation is 2. The largest absolute Gasteiger partial charge is 0.481 e. The first-order chi connectivity index (χ1) is 10.9. The molecule has 0 bridgehead atoms. The molecule has 1 aliphatic rings. The van der Waals surface area contributed by atoms with Gasteiger partial charge in [-0.3, -0.25) is 9.69 Å². The Bertz CT molecular complexity index is 556. The van der Waals surface area contributed by atoms with E-state index in [9.17, 15) is 4.79 Å². The first-order valence-electron chi connectivity index (χ1n) is 7.61. The third-order valence-corrected chi connectivity index (χ3v) is 4.10. The minimum atomic E-state index is -0.692. The summed E-state index contributed by atoms with van der Waals surface area (Å²) < 4.78 is 18.3. The summed E-state index contributed by atoms with van der Waals surface area (Å²) in [6.45, 7) is 4.83. The molecule has 130 valence electrons. The third kappa shape index (κ3) is 4.01. The van der Waals surface area contributed by atoms with E-state index in [0.29, 0.717) is 26.3 Å². The average molecular weight is 326 g/mol. The predicted octanol–water partition coefficient (Wildman–Crippen LogP) is -0.170. The van der Waals surface area contributed by atoms with Crippen molar-refractivity contribution in [2.45, 2.75) is 25.5 Å². The first kappa shape index (κ1) is 17.7. The van der Waals surface area contributed by atoms with Gasteiger partial charge < -0.3 is 19.9 Å². The van der Waals surface area contributed by atoms with E-state index in [-0.39, 0.29) is 12.3 Å². The molecule has 0 radical (unpaired) electrons. The van der Waals surface area contributed by atoms with Crippen LogP contribution in [0, 0.1) is 6.92 Å². The van der Waals surface area contributed by atoms with Crippen molar-refractivity contribution >= 4 is 5.91 Å². The molecule has 1 aromatic rings. The van der Waals surface area contributed by atoms with Crippen LogP contribution in [0.25, 0.3) is 0 Å². The summed E-state index contributed by atoms with van der Waals surface area (Å²) in [5.41, 5.74) is 6.67. The van der Waals surface area contributed by atoms with Gasteiger partial charge in [-0.1, -0.05) is 0 Å². The molecule has 8 heteroatoms. The van der Waals surface area contributed by atoms with Gasteiger partial charge in [-0.15, -0.1) is 0 Å². The number of primary amides is 1. The highest BCUT2D eigenvalue weighted by molar-refractivity contribution is 5.75. The van der Waals surface area contributed by atoms with E-state index in [1.54, 1.807) is 18.9 Å². The van der Waals surface area contributed by atoms with E-state index < -0.39 is 5.60 Å². The Balaban J connectivity index is 2.16. The van der Waals surface area contributed by atoms with E-state index in [2.05, 4.69) is 10.00 Å². The molecule has 2 N–H and O–H groups in total. The first-order valence-corrected chi connectivity index (χ1v) is 7.61. The zero-order valence-corrected chi connectivity index (χ0v) is 14.3. The fourth-order valence-corrected chi connectivity index (χ4v) is 3.23. The minimum Gasteiger partial charge on any atom is -0.481 e. The molecule has 0 aromatic carbocycles. The Kier molecular flexibility index (Phi) is 5.61. The van der Waals surface area contributed by atoms with Crippen molar-refractivity contribution in [3.8, 4) is 5.88 Å². The highest BCUT2D eigenvalue weighted by Gasteiger charge is 2.39. The highest BCUT2D eigenvalue weighted by atomic mass is 16.5. The van der Waals surface area contributed by atoms with Crippen LogP contribution >= 0.6 is 0 Å². The zero-order valence-electron chi connectivity index (χ0n) is 14.3. The van der Waals surface area contributed by atoms with Gasteiger partial charge in [-0.2, -0.15) is 5.10 Å². The molecule has 2 heterocycles. The monoisotopic (exact) mass is 326 g/mol. The predicted molar refractivity (Wildman–Crippen MR) is 84.1 cm³/mol. The van der Waals surface area contributed by atoms with Gasteiger partial charge in [-0.25, -0.2) is 4.68 Å². The Morgan fingerprint density at radius 1 is 1.48 bits per heavy atom. The maximum Gasteiger partial charge on any atom is 0.220 e. The minimum absolute atomic E-state index is 0.139. The molecule has 0 unspecified atom stereocenters. The fourth-order valence-electron chi connectivity index (χ4n) is 3.23. The number of hydrogen-bond acceptors (Lipinski definition) is 6. The number of hydrogen-bond donors (Lipinski definition) is 1. The number of carbonyl (C=O) groups excluding carboxylic acids is 1. The van der Waals surface area contributed by atoms with Gasteiger partial charge in [0.15, 0.2) is 0 Å². The average Bonchev–Trinajstić information content (AvgIpc) is 2.72. The third-order valence-electron chi connectivity index (χ3n) is 4.10. The second-order valence-electron chi connectivity index (χ2n) is 6.02. The number of carbonyl (C=O) groups is 1. The van der Waals surface area contributed by atoms with Crippen LogP contribution in [0.15, 0.2) is 0 Å². The molecular formula is C15H26N4O4. The normalized spacial score (nSPS) is 22.3. The summed E-state index contributed by atoms with van der Waals surface area (Å²) in [5, 5.41) is 4.40. The molecule has 8 nitrogen and oxygen atoms in total. The van der Waals surface area contributed by atoms with Crippen molar-refractivity contribution in [1.82, 2.24) is 14.7 Å². The number of methoxy groups -OCH3 is 2. The molecule has 1 aromatic heterocycles. The van der Waals surface area contributed by atoms with E-state index in [0.717, 1.165) is 23.7 Å². The molecule has 1 aliphatic heterocycles. The van der Waals surface area contributed by atoms with Crippen LogP contribution < -0.4 is 10.5 Å². The van der Waals surface area contributed by atoms with Gasteiger partial charge in [0, 0.05) is 33.8 Å². The zero-order chi connectivity index (χ0) is 17.0. The molecule has 2 rings (SSSR count). The molecule has 0 aliphatic carbocycles. The molecule has 0 saturated carbocycles. The number of nitrogens with two attached hydrogens (primary N) is 1. The molecule has 1 saturated heterocycles. The quantitative estimate of drug-likeness (QED) is 0.748. The van der Waals surface area contributed by atoms with E-state index in [1.165, 1.54) is 0 Å². The Morgan fingerprint density at radius 2 is 2.22 bits per heavy atom. The molecular weight excluding hydrogens is 300 g/mol. The van der Waals surface area contributed by atoms with Gasteiger partial charge in [0.2, 0.25) is 11.8 Å². The van der Waals surface area contributed by atoms with Crippen molar-refractivity contribution in [3.63, 3.8) is 0 Å². The van der Waals surface area contributed by atoms with Crippen LogP contribution in [0.3, 0.4) is 0 Å². The second kappa shape index (κ2) is 7.29. The lowest BCUT2D eigenvalue weighted by molar-refractivity contribution is -0.154. The summed E-state index contributed by atoms with van der Waals surface area (Å²) in [6, 6.07) is 0. The van der Waals surface area contributed by atoms with Gasteiger partial charge in [0.1, 0.15) is 5.60 Å². The summed E-state index contributed by atoms with van der Waals surface area (Å²) in [6.07, 6.45) is 0.139. The van der Waals surface area contributed by atoms with E-state index in [1.807, 2.05) is 14.0 Å². The molecule has 0 spiro atoms. The number of rotatable bonds is 7. The van der Waals surface area contributed by atoms with Crippen molar-refractivity contribution in [2.24, 2.45) is 12.8 Å². The Morgan fingerprint density at radius 3 is 2.83 bits per heavy atom. The smallest absolute Gasteiger partial charge is 0.220 e. The van der Waals surface area contributed by atoms with Gasteiger partial charge in [0.05, 0.1) is 38.0 Å². The van der Waals surface area contributed by atoms with Crippen molar-refractivity contribution in [3.05, 3.63) is 11.3 Å². The van der Waals surface area contributed by atoms with Crippen LogP contribution in [0.2, 0.25) is 0 Å². The van der Waals surface area contributed by atoms with E-state index in [4.69, 9.17) is 19.9 Å². The number of amides is 1. The molecule has 1 fully saturated rings. The standard InChI is InChI=1S/C15H26N4O4/c1-11-12(14(22-4)18(2)17-11)8-19-5-6-23-15(9-19,10-21-3)7-13(16)20/h5-10H2,1-4H3,(H2,16,20)/t15-/m1/s1. The Hall–Kier alpha value is -1.64. The molecule has 1 amide bonds. The topological polar surface area (TPSA) is 91.8 Å². The number of nitrogens with zero attached hydrogens (tertiary/aromatic N) is 3. The van der Waals surface area contributed by atoms with Crippen LogP contribution in [0.5, 0.6) is 5.88 Å². The van der Waals surface area contributed by atoms with Crippen LogP contribution in [-0.4, -0.2) is 66.7 Å². The van der Waals surface area contributed by atoms with Crippen LogP contribution in [0.4, 0.5) is 0 Å². The lowest BCUT2D eigenvalue weighted by Gasteiger charge is -2.41. The summed E-state index contributed by atoms with van der Waals surface area (Å²) >= 11 is 0. The van der Waals surface area contributed by atoms with Crippen LogP contribution in [0.1, 0.15) is 17.7 Å². The van der Waals surface area contributed by atoms with Gasteiger partial charge in [-0.05, 0) is 6.92 Å². The SMILES string of the molecule is COC[C@@]1(CC(N)=O)CN(Cc2c(C)nn(C)c2OC)CCO1. The van der Waals surface area contributed by atoms with Gasteiger partial charge in [0.25, 0.3) is 0 Å².